The number of hydrogen-bond acceptors (Lipinski definition) is 6. The van der Waals surface area contributed by atoms with E-state index < -0.39 is 17.9 Å². The van der Waals surface area contributed by atoms with Crippen molar-refractivity contribution in [3.63, 3.8) is 0 Å². The van der Waals surface area contributed by atoms with E-state index in [2.05, 4.69) is 20.6 Å². The zero-order chi connectivity index (χ0) is 22.1. The number of alkyl halides is 3. The average Bonchev–Trinajstić information content (AvgIpc) is 3.24. The summed E-state index contributed by atoms with van der Waals surface area (Å²) in [6, 6.07) is 11.0. The molecule has 1 aromatic carbocycles. The molecule has 0 atom stereocenters. The second-order valence-electron chi connectivity index (χ2n) is 7.42. The molecule has 160 valence electrons. The summed E-state index contributed by atoms with van der Waals surface area (Å²) in [6.07, 6.45) is -4.73. The van der Waals surface area contributed by atoms with Gasteiger partial charge in [-0.2, -0.15) is 18.3 Å². The van der Waals surface area contributed by atoms with Gasteiger partial charge in [0.25, 0.3) is 5.82 Å². The van der Waals surface area contributed by atoms with Gasteiger partial charge in [0, 0.05) is 11.5 Å². The van der Waals surface area contributed by atoms with Gasteiger partial charge in [-0.25, -0.2) is 9.36 Å². The number of thioether (sulfide) groups is 1. The van der Waals surface area contributed by atoms with Crippen molar-refractivity contribution in [1.82, 2.24) is 24.7 Å². The highest BCUT2D eigenvalue weighted by Crippen LogP contribution is 2.29. The largest absolute Gasteiger partial charge is 0.453 e. The number of nitrogens with zero attached hydrogens (tertiary/aromatic N) is 5. The van der Waals surface area contributed by atoms with Gasteiger partial charge in [-0.3, -0.25) is 4.79 Å². The van der Waals surface area contributed by atoms with Crippen molar-refractivity contribution in [3.8, 4) is 5.69 Å². The van der Waals surface area contributed by atoms with Gasteiger partial charge in [-0.05, 0) is 12.1 Å². The highest BCUT2D eigenvalue weighted by atomic mass is 32.2. The molecular weight excluding hydrogens is 419 g/mol. The number of carbonyl (C=O) groups excluding carboxylic acids is 1. The normalized spacial score (nSPS) is 12.2. The van der Waals surface area contributed by atoms with E-state index in [4.69, 9.17) is 5.84 Å². The standard InChI is InChI=1S/C18H20F3N7OS/c1-17(2,3)12-9-13(28(26-12)11-7-5-4-6-8-11)23-14(29)10-30-16-25-24-15(27(16)22)18(19,20)21/h4-9H,10,22H2,1-3H3,(H,23,29). The minimum absolute atomic E-state index is 0.210. The summed E-state index contributed by atoms with van der Waals surface area (Å²) in [5.41, 5.74) is 1.27. The van der Waals surface area contributed by atoms with Crippen molar-refractivity contribution in [1.29, 1.82) is 0 Å². The molecule has 0 aliphatic heterocycles. The van der Waals surface area contributed by atoms with Gasteiger partial charge < -0.3 is 11.2 Å². The summed E-state index contributed by atoms with van der Waals surface area (Å²) in [5, 5.41) is 13.5. The fraction of sp³-hybridized carbons (Fsp3) is 0.333. The van der Waals surface area contributed by atoms with Crippen LogP contribution in [0.4, 0.5) is 19.0 Å². The van der Waals surface area contributed by atoms with E-state index in [1.165, 1.54) is 0 Å². The van der Waals surface area contributed by atoms with Gasteiger partial charge in [0.05, 0.1) is 17.1 Å². The average molecular weight is 439 g/mol. The molecule has 12 heteroatoms. The fourth-order valence-corrected chi connectivity index (χ4v) is 3.14. The summed E-state index contributed by atoms with van der Waals surface area (Å²) < 4.78 is 40.2. The number of nitrogens with one attached hydrogen (secondary N) is 1. The molecular formula is C18H20F3N7OS. The molecule has 0 bridgehead atoms. The summed E-state index contributed by atoms with van der Waals surface area (Å²) in [7, 11) is 0. The van der Waals surface area contributed by atoms with Crippen LogP contribution >= 0.6 is 11.8 Å². The lowest BCUT2D eigenvalue weighted by Gasteiger charge is -2.14. The van der Waals surface area contributed by atoms with Crippen LogP contribution in [-0.2, 0) is 16.4 Å². The molecule has 0 fully saturated rings. The third-order valence-corrected chi connectivity index (χ3v) is 4.94. The Bertz CT molecular complexity index is 1040. The van der Waals surface area contributed by atoms with E-state index in [9.17, 15) is 18.0 Å². The van der Waals surface area contributed by atoms with Gasteiger partial charge in [-0.15, -0.1) is 10.2 Å². The summed E-state index contributed by atoms with van der Waals surface area (Å²) >= 11 is 0.748. The van der Waals surface area contributed by atoms with Crippen LogP contribution in [-0.4, -0.2) is 36.3 Å². The lowest BCUT2D eigenvalue weighted by atomic mass is 9.92. The molecule has 0 radical (unpaired) electrons. The number of anilines is 1. The number of rotatable bonds is 5. The van der Waals surface area contributed by atoms with Crippen LogP contribution in [0.5, 0.6) is 0 Å². The summed E-state index contributed by atoms with van der Waals surface area (Å²) in [4.78, 5) is 12.4. The van der Waals surface area contributed by atoms with Gasteiger partial charge in [0.2, 0.25) is 11.1 Å². The van der Waals surface area contributed by atoms with Crippen LogP contribution in [0.25, 0.3) is 5.69 Å². The Labute approximate surface area is 174 Å². The Morgan fingerprint density at radius 3 is 2.40 bits per heavy atom. The van der Waals surface area contributed by atoms with Crippen LogP contribution < -0.4 is 11.2 Å². The Morgan fingerprint density at radius 2 is 1.83 bits per heavy atom. The summed E-state index contributed by atoms with van der Waals surface area (Å²) in [6.45, 7) is 6.00. The SMILES string of the molecule is CC(C)(C)c1cc(NC(=O)CSc2nnc(C(F)(F)F)n2N)n(-c2ccccc2)n1. The van der Waals surface area contributed by atoms with E-state index in [-0.39, 0.29) is 16.3 Å². The zero-order valence-electron chi connectivity index (χ0n) is 16.4. The second-order valence-corrected chi connectivity index (χ2v) is 8.37. The number of benzene rings is 1. The number of carbonyl (C=O) groups is 1. The lowest BCUT2D eigenvalue weighted by Crippen LogP contribution is -2.22. The Morgan fingerprint density at radius 1 is 1.17 bits per heavy atom. The molecule has 0 saturated carbocycles. The Kier molecular flexibility index (Phi) is 5.79. The number of nitrogens with two attached hydrogens (primary N) is 1. The number of aromatic nitrogens is 5. The van der Waals surface area contributed by atoms with Gasteiger partial charge in [0.15, 0.2) is 0 Å². The van der Waals surface area contributed by atoms with Crippen LogP contribution in [0.2, 0.25) is 0 Å². The van der Waals surface area contributed by atoms with E-state index in [1.54, 1.807) is 10.7 Å². The molecule has 0 aliphatic rings. The second kappa shape index (κ2) is 8.01. The fourth-order valence-electron chi connectivity index (χ4n) is 2.48. The first-order valence-electron chi connectivity index (χ1n) is 8.83. The van der Waals surface area contributed by atoms with Gasteiger partial charge >= 0.3 is 6.18 Å². The zero-order valence-corrected chi connectivity index (χ0v) is 17.3. The first-order chi connectivity index (χ1) is 14.0. The number of nitrogen functional groups attached to an aromatic ring is 1. The molecule has 0 aliphatic carbocycles. The van der Waals surface area contributed by atoms with Crippen molar-refractivity contribution in [2.24, 2.45) is 0 Å². The maximum Gasteiger partial charge on any atom is 0.453 e. The topological polar surface area (TPSA) is 104 Å². The number of halogens is 3. The Balaban J connectivity index is 1.77. The predicted octanol–water partition coefficient (Wildman–Crippen LogP) is 3.22. The summed E-state index contributed by atoms with van der Waals surface area (Å²) in [5.74, 6) is 3.84. The molecule has 3 rings (SSSR count). The molecule has 0 unspecified atom stereocenters. The first kappa shape index (κ1) is 21.7. The maximum absolute atomic E-state index is 12.8. The number of para-hydroxylation sites is 1. The van der Waals surface area contributed by atoms with E-state index >= 15 is 0 Å². The van der Waals surface area contributed by atoms with Gasteiger partial charge in [-0.1, -0.05) is 50.7 Å². The molecule has 3 aromatic rings. The third kappa shape index (κ3) is 4.75. The number of amides is 1. The van der Waals surface area contributed by atoms with E-state index in [1.807, 2.05) is 51.1 Å². The lowest BCUT2D eigenvalue weighted by molar-refractivity contribution is -0.146. The Hall–Kier alpha value is -3.02. The quantitative estimate of drug-likeness (QED) is 0.467. The number of hydrogen-bond donors (Lipinski definition) is 2. The van der Waals surface area contributed by atoms with E-state index in [0.717, 1.165) is 23.1 Å². The molecule has 2 heterocycles. The minimum atomic E-state index is -4.73. The smallest absolute Gasteiger partial charge is 0.335 e. The highest BCUT2D eigenvalue weighted by Gasteiger charge is 2.38. The monoisotopic (exact) mass is 439 g/mol. The van der Waals surface area contributed by atoms with E-state index in [0.29, 0.717) is 10.5 Å². The molecule has 0 saturated heterocycles. The minimum Gasteiger partial charge on any atom is -0.335 e. The van der Waals surface area contributed by atoms with Gasteiger partial charge in [0.1, 0.15) is 5.82 Å². The molecule has 1 amide bonds. The van der Waals surface area contributed by atoms with Crippen LogP contribution in [0.15, 0.2) is 41.6 Å². The van der Waals surface area contributed by atoms with Crippen LogP contribution in [0.3, 0.4) is 0 Å². The third-order valence-electron chi connectivity index (χ3n) is 4.00. The predicted molar refractivity (Wildman–Crippen MR) is 107 cm³/mol. The van der Waals surface area contributed by atoms with Crippen LogP contribution in [0, 0.1) is 0 Å². The van der Waals surface area contributed by atoms with Crippen LogP contribution in [0.1, 0.15) is 32.3 Å². The molecule has 0 spiro atoms. The van der Waals surface area contributed by atoms with Crippen molar-refractivity contribution in [2.45, 2.75) is 37.5 Å². The molecule has 30 heavy (non-hydrogen) atoms. The van der Waals surface area contributed by atoms with Crippen molar-refractivity contribution in [2.75, 3.05) is 16.9 Å². The molecule has 8 nitrogen and oxygen atoms in total. The maximum atomic E-state index is 12.8. The van der Waals surface area contributed by atoms with Crippen molar-refractivity contribution in [3.05, 3.63) is 47.9 Å². The first-order valence-corrected chi connectivity index (χ1v) is 9.81. The van der Waals surface area contributed by atoms with Crippen molar-refractivity contribution < 1.29 is 18.0 Å². The highest BCUT2D eigenvalue weighted by molar-refractivity contribution is 7.99. The molecule has 3 N–H and O–H groups in total. The molecule has 2 aromatic heterocycles. The van der Waals surface area contributed by atoms with Crippen molar-refractivity contribution >= 4 is 23.5 Å².